The summed E-state index contributed by atoms with van der Waals surface area (Å²) in [6.45, 7) is 4.53. The van der Waals surface area contributed by atoms with Crippen molar-refractivity contribution in [3.8, 4) is 0 Å². The van der Waals surface area contributed by atoms with Crippen LogP contribution in [0.3, 0.4) is 0 Å². The van der Waals surface area contributed by atoms with E-state index in [1.165, 1.54) is 60.6 Å². The quantitative estimate of drug-likeness (QED) is 0.735. The molecule has 1 aromatic heterocycles. The summed E-state index contributed by atoms with van der Waals surface area (Å²) in [7, 11) is 0. The Balaban J connectivity index is 1.73. The van der Waals surface area contributed by atoms with Gasteiger partial charge in [0.15, 0.2) is 0 Å². The highest BCUT2D eigenvalue weighted by Crippen LogP contribution is 2.32. The zero-order chi connectivity index (χ0) is 13.9. The van der Waals surface area contributed by atoms with E-state index in [0.29, 0.717) is 0 Å². The first kappa shape index (κ1) is 13.6. The van der Waals surface area contributed by atoms with Gasteiger partial charge in [0.05, 0.1) is 0 Å². The fraction of sp³-hybridized carbons (Fsp3) is 0.526. The van der Waals surface area contributed by atoms with Crippen molar-refractivity contribution in [1.29, 1.82) is 0 Å². The Morgan fingerprint density at radius 2 is 1.85 bits per heavy atom. The van der Waals surface area contributed by atoms with E-state index in [1.54, 1.807) is 0 Å². The summed E-state index contributed by atoms with van der Waals surface area (Å²) in [6, 6.07) is 8.78. The zero-order valence-corrected chi connectivity index (χ0v) is 12.7. The second-order valence-corrected chi connectivity index (χ2v) is 6.47. The SMILES string of the molecule is CCC1CCC(Cc2cc3c(C)cccc3cn2)CC1. The van der Waals surface area contributed by atoms with Crippen molar-refractivity contribution < 1.29 is 0 Å². The normalized spacial score (nSPS) is 23.1. The lowest BCUT2D eigenvalue weighted by molar-refractivity contribution is 0.267. The van der Waals surface area contributed by atoms with Gasteiger partial charge in [-0.05, 0) is 55.0 Å². The molecule has 1 heteroatoms. The predicted octanol–water partition coefficient (Wildman–Crippen LogP) is 5.30. The molecule has 0 spiro atoms. The summed E-state index contributed by atoms with van der Waals surface area (Å²) in [5.74, 6) is 1.84. The molecule has 2 aromatic rings. The van der Waals surface area contributed by atoms with E-state index in [9.17, 15) is 0 Å². The van der Waals surface area contributed by atoms with Crippen LogP contribution in [0, 0.1) is 18.8 Å². The largest absolute Gasteiger partial charge is 0.261 e. The van der Waals surface area contributed by atoms with Gasteiger partial charge in [0.1, 0.15) is 0 Å². The van der Waals surface area contributed by atoms with Crippen molar-refractivity contribution in [2.24, 2.45) is 11.8 Å². The average Bonchev–Trinajstić information content (AvgIpc) is 2.49. The summed E-state index contributed by atoms with van der Waals surface area (Å²) in [4.78, 5) is 4.68. The van der Waals surface area contributed by atoms with Crippen LogP contribution in [-0.4, -0.2) is 4.98 Å². The van der Waals surface area contributed by atoms with Crippen molar-refractivity contribution in [3.63, 3.8) is 0 Å². The maximum Gasteiger partial charge on any atom is 0.0412 e. The molecule has 1 nitrogen and oxygen atoms in total. The van der Waals surface area contributed by atoms with Gasteiger partial charge in [-0.3, -0.25) is 4.98 Å². The van der Waals surface area contributed by atoms with Crippen LogP contribution in [0.2, 0.25) is 0 Å². The van der Waals surface area contributed by atoms with E-state index in [2.05, 4.69) is 49.3 Å². The first-order valence-electron chi connectivity index (χ1n) is 8.10. The molecule has 106 valence electrons. The van der Waals surface area contributed by atoms with Crippen LogP contribution >= 0.6 is 0 Å². The van der Waals surface area contributed by atoms with E-state index < -0.39 is 0 Å². The van der Waals surface area contributed by atoms with Crippen molar-refractivity contribution in [1.82, 2.24) is 4.98 Å². The Morgan fingerprint density at radius 1 is 1.10 bits per heavy atom. The Kier molecular flexibility index (Phi) is 4.05. The summed E-state index contributed by atoms with van der Waals surface area (Å²) >= 11 is 0. The molecular formula is C19H25N. The van der Waals surface area contributed by atoms with Crippen LogP contribution in [0.15, 0.2) is 30.5 Å². The first-order chi connectivity index (χ1) is 9.76. The van der Waals surface area contributed by atoms with Crippen molar-refractivity contribution in [2.75, 3.05) is 0 Å². The predicted molar refractivity (Wildman–Crippen MR) is 85.9 cm³/mol. The molecule has 0 aliphatic heterocycles. The second kappa shape index (κ2) is 5.95. The van der Waals surface area contributed by atoms with E-state index in [0.717, 1.165) is 11.8 Å². The average molecular weight is 267 g/mol. The Hall–Kier alpha value is -1.37. The molecule has 1 heterocycles. The van der Waals surface area contributed by atoms with Crippen molar-refractivity contribution >= 4 is 10.8 Å². The molecule has 1 saturated carbocycles. The Labute approximate surface area is 122 Å². The zero-order valence-electron chi connectivity index (χ0n) is 12.7. The summed E-state index contributed by atoms with van der Waals surface area (Å²) in [5.41, 5.74) is 2.65. The molecule has 0 amide bonds. The number of fused-ring (bicyclic) bond motifs is 1. The van der Waals surface area contributed by atoms with Gasteiger partial charge in [-0.2, -0.15) is 0 Å². The molecule has 3 rings (SSSR count). The number of hydrogen-bond acceptors (Lipinski definition) is 1. The Bertz CT molecular complexity index is 579. The third-order valence-electron chi connectivity index (χ3n) is 5.08. The number of pyridine rings is 1. The lowest BCUT2D eigenvalue weighted by Gasteiger charge is -2.27. The van der Waals surface area contributed by atoms with Crippen LogP contribution in [0.1, 0.15) is 50.3 Å². The smallest absolute Gasteiger partial charge is 0.0412 e. The molecule has 0 radical (unpaired) electrons. The summed E-state index contributed by atoms with van der Waals surface area (Å²) in [6.07, 6.45) is 10.2. The third kappa shape index (κ3) is 2.87. The third-order valence-corrected chi connectivity index (χ3v) is 5.08. The number of hydrogen-bond donors (Lipinski definition) is 0. The molecule has 0 unspecified atom stereocenters. The van der Waals surface area contributed by atoms with Crippen LogP contribution in [0.25, 0.3) is 10.8 Å². The van der Waals surface area contributed by atoms with Crippen LogP contribution in [0.5, 0.6) is 0 Å². The van der Waals surface area contributed by atoms with Gasteiger partial charge in [-0.15, -0.1) is 0 Å². The van der Waals surface area contributed by atoms with Crippen LogP contribution < -0.4 is 0 Å². The van der Waals surface area contributed by atoms with E-state index in [4.69, 9.17) is 0 Å². The molecule has 1 aromatic carbocycles. The monoisotopic (exact) mass is 267 g/mol. The number of benzene rings is 1. The fourth-order valence-corrected chi connectivity index (χ4v) is 3.62. The fourth-order valence-electron chi connectivity index (χ4n) is 3.62. The number of aromatic nitrogens is 1. The van der Waals surface area contributed by atoms with Gasteiger partial charge < -0.3 is 0 Å². The van der Waals surface area contributed by atoms with Gasteiger partial charge in [-0.25, -0.2) is 0 Å². The minimum absolute atomic E-state index is 0.853. The van der Waals surface area contributed by atoms with Gasteiger partial charge in [0.2, 0.25) is 0 Å². The maximum absolute atomic E-state index is 4.68. The van der Waals surface area contributed by atoms with E-state index >= 15 is 0 Å². The van der Waals surface area contributed by atoms with Gasteiger partial charge in [0, 0.05) is 17.3 Å². The molecule has 0 N–H and O–H groups in total. The van der Waals surface area contributed by atoms with Crippen LogP contribution in [-0.2, 0) is 6.42 Å². The molecule has 0 bridgehead atoms. The van der Waals surface area contributed by atoms with E-state index in [-0.39, 0.29) is 0 Å². The summed E-state index contributed by atoms with van der Waals surface area (Å²) < 4.78 is 0. The van der Waals surface area contributed by atoms with Crippen molar-refractivity contribution in [2.45, 2.75) is 52.4 Å². The highest BCUT2D eigenvalue weighted by atomic mass is 14.7. The van der Waals surface area contributed by atoms with Gasteiger partial charge in [0.25, 0.3) is 0 Å². The minimum atomic E-state index is 0.853. The van der Waals surface area contributed by atoms with Crippen molar-refractivity contribution in [3.05, 3.63) is 41.7 Å². The number of rotatable bonds is 3. The topological polar surface area (TPSA) is 12.9 Å². The standard InChI is InChI=1S/C19H25N/c1-3-15-7-9-16(10-8-15)11-18-12-19-14(2)5-4-6-17(19)13-20-18/h4-6,12-13,15-16H,3,7-11H2,1-2H3. The molecule has 0 atom stereocenters. The minimum Gasteiger partial charge on any atom is -0.261 e. The maximum atomic E-state index is 4.68. The summed E-state index contributed by atoms with van der Waals surface area (Å²) in [5, 5.41) is 2.64. The molecule has 20 heavy (non-hydrogen) atoms. The highest BCUT2D eigenvalue weighted by molar-refractivity contribution is 5.85. The number of aryl methyl sites for hydroxylation is 1. The second-order valence-electron chi connectivity index (χ2n) is 6.47. The molecule has 0 saturated heterocycles. The lowest BCUT2D eigenvalue weighted by Crippen LogP contribution is -2.16. The van der Waals surface area contributed by atoms with Gasteiger partial charge in [-0.1, -0.05) is 44.4 Å². The molecule has 1 fully saturated rings. The molecule has 1 aliphatic carbocycles. The Morgan fingerprint density at radius 3 is 2.60 bits per heavy atom. The van der Waals surface area contributed by atoms with Crippen LogP contribution in [0.4, 0.5) is 0 Å². The number of nitrogens with zero attached hydrogens (tertiary/aromatic N) is 1. The highest BCUT2D eigenvalue weighted by Gasteiger charge is 2.20. The lowest BCUT2D eigenvalue weighted by atomic mass is 9.79. The van der Waals surface area contributed by atoms with E-state index in [1.807, 2.05) is 0 Å². The molecule has 1 aliphatic rings. The van der Waals surface area contributed by atoms with Gasteiger partial charge >= 0.3 is 0 Å². The first-order valence-corrected chi connectivity index (χ1v) is 8.10. The molecular weight excluding hydrogens is 242 g/mol.